The lowest BCUT2D eigenvalue weighted by molar-refractivity contribution is 0.291. The quantitative estimate of drug-likeness (QED) is 0.347. The Morgan fingerprint density at radius 3 is 2.52 bits per heavy atom. The molecule has 0 aliphatic carbocycles. The van der Waals surface area contributed by atoms with Crippen LogP contribution in [0.15, 0.2) is 11.2 Å². The third kappa shape index (κ3) is 7.94. The monoisotopic (exact) mass is 464 g/mol. The first kappa shape index (κ1) is 24.2. The van der Waals surface area contributed by atoms with Gasteiger partial charge in [0.1, 0.15) is 0 Å². The number of aryl methyl sites for hydroxylation is 1. The predicted octanol–water partition coefficient (Wildman–Crippen LogP) is 2.90. The van der Waals surface area contributed by atoms with Gasteiger partial charge in [0.2, 0.25) is 0 Å². The van der Waals surface area contributed by atoms with Gasteiger partial charge in [0.15, 0.2) is 5.96 Å². The van der Waals surface area contributed by atoms with Gasteiger partial charge in [-0.1, -0.05) is 27.7 Å². The largest absolute Gasteiger partial charge is 0.355 e. The lowest BCUT2D eigenvalue weighted by Gasteiger charge is -2.24. The molecule has 1 rings (SSSR count). The van der Waals surface area contributed by atoms with Crippen LogP contribution in [0.2, 0.25) is 0 Å². The summed E-state index contributed by atoms with van der Waals surface area (Å²) in [5, 5.41) is 8.06. The second-order valence-corrected chi connectivity index (χ2v) is 6.63. The van der Waals surface area contributed by atoms with Crippen molar-refractivity contribution in [1.29, 1.82) is 0 Å². The van der Waals surface area contributed by atoms with Crippen LogP contribution in [0, 0.1) is 0 Å². The fourth-order valence-electron chi connectivity index (χ4n) is 2.95. The maximum absolute atomic E-state index is 4.59. The van der Waals surface area contributed by atoms with Gasteiger partial charge < -0.3 is 15.1 Å². The van der Waals surface area contributed by atoms with E-state index in [-0.39, 0.29) is 24.0 Å². The third-order valence-electron chi connectivity index (χ3n) is 4.16. The van der Waals surface area contributed by atoms with Crippen LogP contribution in [0.5, 0.6) is 0 Å². The molecule has 0 aliphatic heterocycles. The predicted molar refractivity (Wildman–Crippen MR) is 118 cm³/mol. The van der Waals surface area contributed by atoms with Crippen molar-refractivity contribution in [2.75, 3.05) is 40.3 Å². The Hall–Kier alpha value is -0.830. The zero-order valence-electron chi connectivity index (χ0n) is 17.0. The lowest BCUT2D eigenvalue weighted by Crippen LogP contribution is -2.42. The van der Waals surface area contributed by atoms with E-state index >= 15 is 0 Å². The first-order chi connectivity index (χ1) is 11.4. The molecule has 0 radical (unpaired) electrons. The van der Waals surface area contributed by atoms with Crippen molar-refractivity contribution < 1.29 is 0 Å². The van der Waals surface area contributed by atoms with Gasteiger partial charge in [-0.05, 0) is 25.4 Å². The van der Waals surface area contributed by atoms with Crippen LogP contribution < -0.4 is 5.32 Å². The third-order valence-corrected chi connectivity index (χ3v) is 4.16. The maximum atomic E-state index is 4.59. The molecule has 0 saturated heterocycles. The molecular weight excluding hydrogens is 427 g/mol. The summed E-state index contributed by atoms with van der Waals surface area (Å²) in [5.41, 5.74) is 2.43. The molecule has 0 amide bonds. The van der Waals surface area contributed by atoms with Gasteiger partial charge in [-0.25, -0.2) is 0 Å². The topological polar surface area (TPSA) is 48.7 Å². The van der Waals surface area contributed by atoms with Crippen molar-refractivity contribution in [3.8, 4) is 0 Å². The summed E-state index contributed by atoms with van der Waals surface area (Å²) in [6, 6.07) is 0. The molecule has 0 spiro atoms. The number of nitrogens with zero attached hydrogens (tertiary/aromatic N) is 5. The van der Waals surface area contributed by atoms with Crippen LogP contribution in [0.4, 0.5) is 0 Å². The van der Waals surface area contributed by atoms with Crippen molar-refractivity contribution in [1.82, 2.24) is 24.9 Å². The summed E-state index contributed by atoms with van der Waals surface area (Å²) in [5.74, 6) is 1.36. The maximum Gasteiger partial charge on any atom is 0.193 e. The molecule has 0 aliphatic rings. The zero-order valence-corrected chi connectivity index (χ0v) is 19.4. The molecule has 0 bridgehead atoms. The summed E-state index contributed by atoms with van der Waals surface area (Å²) < 4.78 is 1.90. The Bertz CT molecular complexity index is 512. The standard InChI is InChI=1S/C18H36N6.HI/c1-8-11-24(9-2)12-10-20-18(19-5)22(6)13-16-14-23(7)21-17(16)15(3)4;/h14-15H,8-13H2,1-7H3,(H,19,20);1H. The molecule has 0 atom stereocenters. The number of nitrogens with one attached hydrogen (secondary N) is 1. The highest BCUT2D eigenvalue weighted by Gasteiger charge is 2.15. The summed E-state index contributed by atoms with van der Waals surface area (Å²) in [6.45, 7) is 13.8. The minimum atomic E-state index is 0. The van der Waals surface area contributed by atoms with Crippen molar-refractivity contribution in [3.63, 3.8) is 0 Å². The van der Waals surface area contributed by atoms with Gasteiger partial charge in [0, 0.05) is 52.5 Å². The van der Waals surface area contributed by atoms with E-state index in [2.05, 4.69) is 66.1 Å². The highest BCUT2D eigenvalue weighted by Crippen LogP contribution is 2.18. The Morgan fingerprint density at radius 2 is 2.00 bits per heavy atom. The highest BCUT2D eigenvalue weighted by molar-refractivity contribution is 14.0. The Labute approximate surface area is 171 Å². The number of halogens is 1. The van der Waals surface area contributed by atoms with Gasteiger partial charge in [-0.15, -0.1) is 24.0 Å². The van der Waals surface area contributed by atoms with E-state index in [1.807, 2.05) is 18.8 Å². The number of hydrogen-bond acceptors (Lipinski definition) is 3. The van der Waals surface area contributed by atoms with Gasteiger partial charge in [0.25, 0.3) is 0 Å². The molecule has 0 fully saturated rings. The molecule has 0 aromatic carbocycles. The summed E-state index contributed by atoms with van der Waals surface area (Å²) in [7, 11) is 5.90. The molecule has 25 heavy (non-hydrogen) atoms. The molecular formula is C18H37IN6. The van der Waals surface area contributed by atoms with E-state index in [4.69, 9.17) is 0 Å². The minimum absolute atomic E-state index is 0. The van der Waals surface area contributed by atoms with E-state index in [0.29, 0.717) is 5.92 Å². The molecule has 0 saturated carbocycles. The number of likely N-dealkylation sites (N-methyl/N-ethyl adjacent to an activating group) is 1. The molecule has 6 nitrogen and oxygen atoms in total. The number of rotatable bonds is 9. The van der Waals surface area contributed by atoms with Crippen LogP contribution >= 0.6 is 24.0 Å². The van der Waals surface area contributed by atoms with Crippen LogP contribution in [0.3, 0.4) is 0 Å². The van der Waals surface area contributed by atoms with Gasteiger partial charge in [-0.3, -0.25) is 9.67 Å². The molecule has 7 heteroatoms. The number of hydrogen-bond donors (Lipinski definition) is 1. The van der Waals surface area contributed by atoms with Crippen molar-refractivity contribution in [2.45, 2.75) is 46.6 Å². The van der Waals surface area contributed by atoms with Crippen molar-refractivity contribution in [2.24, 2.45) is 12.0 Å². The smallest absolute Gasteiger partial charge is 0.193 e. The summed E-state index contributed by atoms with van der Waals surface area (Å²) in [4.78, 5) is 9.04. The fraction of sp³-hybridized carbons (Fsp3) is 0.778. The molecule has 1 N–H and O–H groups in total. The first-order valence-corrected chi connectivity index (χ1v) is 9.09. The first-order valence-electron chi connectivity index (χ1n) is 9.09. The lowest BCUT2D eigenvalue weighted by atomic mass is 10.1. The normalized spacial score (nSPS) is 11.8. The number of aliphatic imine (C=N–C) groups is 1. The van der Waals surface area contributed by atoms with E-state index in [1.165, 1.54) is 17.7 Å². The minimum Gasteiger partial charge on any atom is -0.355 e. The van der Waals surface area contributed by atoms with Crippen molar-refractivity contribution in [3.05, 3.63) is 17.5 Å². The van der Waals surface area contributed by atoms with Crippen LogP contribution in [-0.4, -0.2) is 65.8 Å². The molecule has 1 aromatic heterocycles. The van der Waals surface area contributed by atoms with E-state index in [0.717, 1.165) is 38.7 Å². The average molecular weight is 464 g/mol. The molecule has 0 unspecified atom stereocenters. The van der Waals surface area contributed by atoms with E-state index < -0.39 is 0 Å². The van der Waals surface area contributed by atoms with Gasteiger partial charge in [-0.2, -0.15) is 5.10 Å². The molecule has 1 aromatic rings. The Morgan fingerprint density at radius 1 is 1.32 bits per heavy atom. The number of aromatic nitrogens is 2. The summed E-state index contributed by atoms with van der Waals surface area (Å²) in [6.07, 6.45) is 3.31. The second kappa shape index (κ2) is 12.5. The van der Waals surface area contributed by atoms with Gasteiger partial charge in [0.05, 0.1) is 5.69 Å². The van der Waals surface area contributed by atoms with Crippen molar-refractivity contribution >= 4 is 29.9 Å². The van der Waals surface area contributed by atoms with Crippen LogP contribution in [0.25, 0.3) is 0 Å². The fourth-order valence-corrected chi connectivity index (χ4v) is 2.95. The van der Waals surface area contributed by atoms with E-state index in [1.54, 1.807) is 0 Å². The average Bonchev–Trinajstić information content (AvgIpc) is 2.91. The Kier molecular flexibility index (Phi) is 12.1. The molecule has 146 valence electrons. The number of guanidine groups is 1. The van der Waals surface area contributed by atoms with Crippen LogP contribution in [-0.2, 0) is 13.6 Å². The Balaban J connectivity index is 0.00000576. The van der Waals surface area contributed by atoms with Crippen LogP contribution in [0.1, 0.15) is 51.3 Å². The van der Waals surface area contributed by atoms with Gasteiger partial charge >= 0.3 is 0 Å². The molecule has 1 heterocycles. The zero-order chi connectivity index (χ0) is 18.1. The SMILES string of the molecule is CCCN(CC)CCNC(=NC)N(C)Cc1cn(C)nc1C(C)C.I. The highest BCUT2D eigenvalue weighted by atomic mass is 127. The second-order valence-electron chi connectivity index (χ2n) is 6.63. The summed E-state index contributed by atoms with van der Waals surface area (Å²) >= 11 is 0. The van der Waals surface area contributed by atoms with E-state index in [9.17, 15) is 0 Å².